The van der Waals surface area contributed by atoms with Crippen molar-refractivity contribution in [3.63, 3.8) is 0 Å². The average molecular weight is 296 g/mol. The van der Waals surface area contributed by atoms with Crippen LogP contribution in [0.5, 0.6) is 17.2 Å². The molecular weight excluding hydrogens is 280 g/mol. The lowest BCUT2D eigenvalue weighted by Crippen LogP contribution is -2.27. The van der Waals surface area contributed by atoms with Gasteiger partial charge < -0.3 is 24.4 Å². The van der Waals surface area contributed by atoms with Crippen LogP contribution >= 0.6 is 0 Å². The van der Waals surface area contributed by atoms with Gasteiger partial charge in [0, 0.05) is 5.56 Å². The molecule has 0 aliphatic carbocycles. The first-order valence-electron chi connectivity index (χ1n) is 6.30. The van der Waals surface area contributed by atoms with Gasteiger partial charge in [-0.1, -0.05) is 0 Å². The van der Waals surface area contributed by atoms with Gasteiger partial charge in [0.2, 0.25) is 5.75 Å². The van der Waals surface area contributed by atoms with E-state index in [0.29, 0.717) is 0 Å². The van der Waals surface area contributed by atoms with E-state index in [1.807, 2.05) is 0 Å². The van der Waals surface area contributed by atoms with Crippen LogP contribution in [-0.4, -0.2) is 49.4 Å². The summed E-state index contributed by atoms with van der Waals surface area (Å²) in [7, 11) is 2.70. The summed E-state index contributed by atoms with van der Waals surface area (Å²) in [6.07, 6.45) is 0. The van der Waals surface area contributed by atoms with Gasteiger partial charge in [-0.2, -0.15) is 0 Å². The van der Waals surface area contributed by atoms with Crippen molar-refractivity contribution < 1.29 is 34.0 Å². The summed E-state index contributed by atoms with van der Waals surface area (Å²) in [6.45, 7) is -0.532. The van der Waals surface area contributed by atoms with Crippen molar-refractivity contribution in [2.45, 2.75) is 0 Å². The number of phenols is 1. The zero-order valence-corrected chi connectivity index (χ0v) is 11.7. The number of aliphatic hydroxyl groups is 1. The molecule has 1 heterocycles. The lowest BCUT2D eigenvalue weighted by Gasteiger charge is -2.14. The van der Waals surface area contributed by atoms with Crippen molar-refractivity contribution in [1.82, 2.24) is 0 Å². The van der Waals surface area contributed by atoms with E-state index in [-0.39, 0.29) is 35.2 Å². The Morgan fingerprint density at radius 1 is 1.33 bits per heavy atom. The minimum absolute atomic E-state index is 0.0750. The number of carbonyl (C=O) groups is 2. The van der Waals surface area contributed by atoms with Crippen molar-refractivity contribution in [3.8, 4) is 17.2 Å². The molecule has 1 aromatic carbocycles. The molecule has 0 saturated carbocycles. The molecule has 1 aliphatic heterocycles. The first-order chi connectivity index (χ1) is 10.0. The number of aromatic hydroxyl groups is 1. The Morgan fingerprint density at radius 3 is 2.38 bits per heavy atom. The van der Waals surface area contributed by atoms with Crippen LogP contribution in [0, 0.1) is 11.8 Å². The zero-order chi connectivity index (χ0) is 15.6. The molecule has 0 radical (unpaired) electrons. The molecule has 1 saturated heterocycles. The Bertz CT molecular complexity index is 541. The van der Waals surface area contributed by atoms with Gasteiger partial charge in [-0.3, -0.25) is 9.59 Å². The number of hydrogen-bond donors (Lipinski definition) is 2. The third-order valence-electron chi connectivity index (χ3n) is 3.49. The van der Waals surface area contributed by atoms with Crippen molar-refractivity contribution in [2.75, 3.05) is 27.4 Å². The molecule has 21 heavy (non-hydrogen) atoms. The number of ether oxygens (including phenoxy) is 3. The lowest BCUT2D eigenvalue weighted by molar-refractivity contribution is -0.142. The number of methoxy groups -OCH3 is 2. The van der Waals surface area contributed by atoms with E-state index in [0.717, 1.165) is 0 Å². The normalized spacial score (nSPS) is 21.0. The third-order valence-corrected chi connectivity index (χ3v) is 3.49. The Balaban J connectivity index is 2.37. The molecule has 2 atom stereocenters. The number of Topliss-reactive ketones (excluding diaryl/α,β-unsaturated/α-hetero) is 1. The van der Waals surface area contributed by atoms with E-state index in [2.05, 4.69) is 0 Å². The van der Waals surface area contributed by atoms with E-state index in [4.69, 9.17) is 14.2 Å². The number of cyclic esters (lactones) is 1. The highest BCUT2D eigenvalue weighted by Gasteiger charge is 2.41. The number of aliphatic hydroxyl groups excluding tert-OH is 1. The number of ketones is 1. The van der Waals surface area contributed by atoms with Gasteiger partial charge >= 0.3 is 5.97 Å². The summed E-state index contributed by atoms with van der Waals surface area (Å²) in [5.41, 5.74) is 0.211. The highest BCUT2D eigenvalue weighted by atomic mass is 16.5. The summed E-state index contributed by atoms with van der Waals surface area (Å²) < 4.78 is 14.8. The maximum absolute atomic E-state index is 12.5. The lowest BCUT2D eigenvalue weighted by atomic mass is 9.88. The van der Waals surface area contributed by atoms with Gasteiger partial charge in [-0.15, -0.1) is 0 Å². The predicted molar refractivity (Wildman–Crippen MR) is 70.6 cm³/mol. The van der Waals surface area contributed by atoms with Gasteiger partial charge in [0.05, 0.1) is 32.7 Å². The van der Waals surface area contributed by atoms with Crippen molar-refractivity contribution in [3.05, 3.63) is 17.7 Å². The topological polar surface area (TPSA) is 102 Å². The second kappa shape index (κ2) is 6.01. The van der Waals surface area contributed by atoms with Crippen molar-refractivity contribution in [2.24, 2.45) is 11.8 Å². The molecule has 1 aliphatic rings. The Kier molecular flexibility index (Phi) is 4.32. The largest absolute Gasteiger partial charge is 0.502 e. The highest BCUT2D eigenvalue weighted by molar-refractivity contribution is 6.02. The Hall–Kier alpha value is -2.28. The monoisotopic (exact) mass is 296 g/mol. The van der Waals surface area contributed by atoms with Crippen LogP contribution in [0.25, 0.3) is 0 Å². The minimum atomic E-state index is -0.872. The van der Waals surface area contributed by atoms with Gasteiger partial charge in [-0.25, -0.2) is 0 Å². The van der Waals surface area contributed by atoms with Crippen LogP contribution in [0.15, 0.2) is 12.1 Å². The molecule has 0 bridgehead atoms. The number of benzene rings is 1. The second-order valence-corrected chi connectivity index (χ2v) is 4.62. The molecule has 114 valence electrons. The van der Waals surface area contributed by atoms with Crippen molar-refractivity contribution >= 4 is 11.8 Å². The first kappa shape index (κ1) is 15.1. The summed E-state index contributed by atoms with van der Waals surface area (Å²) in [4.78, 5) is 23.9. The van der Waals surface area contributed by atoms with E-state index in [1.165, 1.54) is 26.4 Å². The van der Waals surface area contributed by atoms with Gasteiger partial charge in [-0.05, 0) is 12.1 Å². The fourth-order valence-corrected chi connectivity index (χ4v) is 2.27. The molecule has 1 aromatic rings. The van der Waals surface area contributed by atoms with Gasteiger partial charge in [0.1, 0.15) is 6.61 Å². The van der Waals surface area contributed by atoms with Crippen LogP contribution in [0.3, 0.4) is 0 Å². The van der Waals surface area contributed by atoms with Gasteiger partial charge in [0.15, 0.2) is 17.3 Å². The quantitative estimate of drug-likeness (QED) is 0.598. The summed E-state index contributed by atoms with van der Waals surface area (Å²) >= 11 is 0. The molecule has 7 nitrogen and oxygen atoms in total. The molecule has 0 spiro atoms. The van der Waals surface area contributed by atoms with Crippen LogP contribution in [0.1, 0.15) is 10.4 Å². The fourth-order valence-electron chi connectivity index (χ4n) is 2.27. The molecular formula is C14H16O7. The van der Waals surface area contributed by atoms with E-state index in [1.54, 1.807) is 0 Å². The molecule has 0 unspecified atom stereocenters. The summed E-state index contributed by atoms with van der Waals surface area (Å²) in [6, 6.07) is 2.72. The average Bonchev–Trinajstić information content (AvgIpc) is 2.87. The molecule has 7 heteroatoms. The number of esters is 1. The molecule has 0 amide bonds. The maximum Gasteiger partial charge on any atom is 0.312 e. The van der Waals surface area contributed by atoms with Gasteiger partial charge in [0.25, 0.3) is 0 Å². The smallest absolute Gasteiger partial charge is 0.312 e. The van der Waals surface area contributed by atoms with Crippen LogP contribution in [-0.2, 0) is 9.53 Å². The van der Waals surface area contributed by atoms with E-state index in [9.17, 15) is 19.8 Å². The standard InChI is InChI=1S/C14H16O7/c1-19-10-3-7(4-11(20-2)13(10)17)12(16)9-6-21-14(18)8(9)5-15/h3-4,8-9,15,17H,5-6H2,1-2H3/t8-,9+/m0/s1. The van der Waals surface area contributed by atoms with Crippen molar-refractivity contribution in [1.29, 1.82) is 0 Å². The van der Waals surface area contributed by atoms with E-state index >= 15 is 0 Å². The third kappa shape index (κ3) is 2.64. The Labute approximate surface area is 121 Å². The SMILES string of the molecule is COc1cc(C(=O)[C@@H]2COC(=O)[C@H]2CO)cc(OC)c1O. The molecule has 2 rings (SSSR count). The maximum atomic E-state index is 12.5. The van der Waals surface area contributed by atoms with E-state index < -0.39 is 24.4 Å². The predicted octanol–water partition coefficient (Wildman–Crippen LogP) is 0.374. The molecule has 0 aromatic heterocycles. The summed E-state index contributed by atoms with van der Waals surface area (Å²) in [5, 5.41) is 19.0. The number of carbonyl (C=O) groups excluding carboxylic acids is 2. The first-order valence-corrected chi connectivity index (χ1v) is 6.30. The highest BCUT2D eigenvalue weighted by Crippen LogP contribution is 2.38. The van der Waals surface area contributed by atoms with Crippen LogP contribution < -0.4 is 9.47 Å². The summed E-state index contributed by atoms with van der Waals surface area (Å²) in [5.74, 6) is -2.64. The van der Waals surface area contributed by atoms with Crippen LogP contribution in [0.4, 0.5) is 0 Å². The number of phenolic OH excluding ortho intramolecular Hbond substituents is 1. The zero-order valence-electron chi connectivity index (χ0n) is 11.7. The van der Waals surface area contributed by atoms with Crippen LogP contribution in [0.2, 0.25) is 0 Å². The number of hydrogen-bond acceptors (Lipinski definition) is 7. The molecule has 2 N–H and O–H groups in total. The fraction of sp³-hybridized carbons (Fsp3) is 0.429. The minimum Gasteiger partial charge on any atom is -0.502 e. The number of rotatable bonds is 5. The second-order valence-electron chi connectivity index (χ2n) is 4.62. The molecule has 1 fully saturated rings. The Morgan fingerprint density at radius 2 is 1.90 bits per heavy atom.